The summed E-state index contributed by atoms with van der Waals surface area (Å²) in [5.74, 6) is 0. The Hall–Kier alpha value is -0.640. The van der Waals surface area contributed by atoms with Crippen LogP contribution in [-0.2, 0) is 9.47 Å². The lowest BCUT2D eigenvalue weighted by atomic mass is 10.2. The van der Waals surface area contributed by atoms with Crippen molar-refractivity contribution in [3.8, 4) is 0 Å². The van der Waals surface area contributed by atoms with Crippen LogP contribution < -0.4 is 5.73 Å². The summed E-state index contributed by atoms with van der Waals surface area (Å²) in [6, 6.07) is 0. The van der Waals surface area contributed by atoms with E-state index < -0.39 is 6.41 Å². The molecule has 0 saturated heterocycles. The summed E-state index contributed by atoms with van der Waals surface area (Å²) >= 11 is 0. The molecule has 0 aromatic carbocycles. The summed E-state index contributed by atoms with van der Waals surface area (Å²) in [5.41, 5.74) is 5.73. The molecule has 3 heteroatoms. The van der Waals surface area contributed by atoms with Gasteiger partial charge in [0.05, 0.1) is 13.2 Å². The largest absolute Gasteiger partial charge is 0.340 e. The summed E-state index contributed by atoms with van der Waals surface area (Å²) < 4.78 is 10.8. The van der Waals surface area contributed by atoms with Crippen LogP contribution in [0.4, 0.5) is 0 Å². The minimum absolute atomic E-state index is 0.563. The Labute approximate surface area is 125 Å². The van der Waals surface area contributed by atoms with E-state index in [9.17, 15) is 0 Å². The Morgan fingerprint density at radius 2 is 1.20 bits per heavy atom. The Balaban J connectivity index is 3.22. The molecular formula is C17H33NO2. The van der Waals surface area contributed by atoms with E-state index in [-0.39, 0.29) is 0 Å². The van der Waals surface area contributed by atoms with E-state index in [4.69, 9.17) is 15.2 Å². The zero-order valence-electron chi connectivity index (χ0n) is 13.4. The summed E-state index contributed by atoms with van der Waals surface area (Å²) in [4.78, 5) is 0. The maximum absolute atomic E-state index is 5.73. The highest BCUT2D eigenvalue weighted by molar-refractivity contribution is 4.80. The molecule has 0 bridgehead atoms. The fourth-order valence-corrected chi connectivity index (χ4v) is 1.74. The molecule has 0 aliphatic heterocycles. The summed E-state index contributed by atoms with van der Waals surface area (Å²) in [5, 5.41) is 0. The lowest BCUT2D eigenvalue weighted by molar-refractivity contribution is -0.139. The number of allylic oxidation sites excluding steroid dienone is 4. The first-order valence-corrected chi connectivity index (χ1v) is 8.10. The Morgan fingerprint density at radius 1 is 0.750 bits per heavy atom. The normalized spacial score (nSPS) is 12.2. The van der Waals surface area contributed by atoms with E-state index in [1.54, 1.807) is 0 Å². The van der Waals surface area contributed by atoms with Crippen LogP contribution in [0.1, 0.15) is 65.2 Å². The van der Waals surface area contributed by atoms with Crippen molar-refractivity contribution in [1.29, 1.82) is 0 Å². The van der Waals surface area contributed by atoms with Crippen molar-refractivity contribution in [2.45, 2.75) is 71.6 Å². The zero-order valence-corrected chi connectivity index (χ0v) is 13.4. The van der Waals surface area contributed by atoms with Crippen molar-refractivity contribution in [2.24, 2.45) is 5.73 Å². The van der Waals surface area contributed by atoms with Crippen LogP contribution in [0.3, 0.4) is 0 Å². The topological polar surface area (TPSA) is 44.5 Å². The van der Waals surface area contributed by atoms with Gasteiger partial charge in [-0.1, -0.05) is 38.2 Å². The monoisotopic (exact) mass is 283 g/mol. The Morgan fingerprint density at radius 3 is 1.60 bits per heavy atom. The van der Waals surface area contributed by atoms with Gasteiger partial charge in [-0.3, -0.25) is 5.73 Å². The van der Waals surface area contributed by atoms with Gasteiger partial charge < -0.3 is 9.47 Å². The minimum Gasteiger partial charge on any atom is -0.340 e. The quantitative estimate of drug-likeness (QED) is 0.289. The Kier molecular flexibility index (Phi) is 15.9. The third-order valence-electron chi connectivity index (χ3n) is 2.90. The molecule has 0 aromatic rings. The average Bonchev–Trinajstić information content (AvgIpc) is 2.45. The van der Waals surface area contributed by atoms with Crippen molar-refractivity contribution < 1.29 is 9.47 Å². The van der Waals surface area contributed by atoms with Crippen LogP contribution in [-0.4, -0.2) is 19.6 Å². The molecule has 0 fully saturated rings. The second kappa shape index (κ2) is 16.4. The van der Waals surface area contributed by atoms with E-state index in [1.165, 1.54) is 0 Å². The molecule has 0 aliphatic carbocycles. The molecule has 0 atom stereocenters. The maximum atomic E-state index is 5.73. The Bertz CT molecular complexity index is 215. The first kappa shape index (κ1) is 19.4. The number of hydrogen-bond donors (Lipinski definition) is 1. The van der Waals surface area contributed by atoms with E-state index in [0.717, 1.165) is 51.4 Å². The molecule has 0 unspecified atom stereocenters. The molecular weight excluding hydrogens is 250 g/mol. The number of rotatable bonds is 14. The smallest absolute Gasteiger partial charge is 0.213 e. The number of hydrogen-bond acceptors (Lipinski definition) is 3. The first-order chi connectivity index (χ1) is 9.81. The molecule has 0 heterocycles. The van der Waals surface area contributed by atoms with Crippen molar-refractivity contribution >= 4 is 0 Å². The fraction of sp³-hybridized carbons (Fsp3) is 0.765. The predicted molar refractivity (Wildman–Crippen MR) is 86.4 cm³/mol. The van der Waals surface area contributed by atoms with Crippen LogP contribution >= 0.6 is 0 Å². The van der Waals surface area contributed by atoms with Gasteiger partial charge in [-0.15, -0.1) is 0 Å². The van der Waals surface area contributed by atoms with Gasteiger partial charge in [0.1, 0.15) is 0 Å². The molecule has 3 nitrogen and oxygen atoms in total. The summed E-state index contributed by atoms with van der Waals surface area (Å²) in [6.07, 6.45) is 17.1. The van der Waals surface area contributed by atoms with E-state index in [1.807, 2.05) is 0 Å². The molecule has 118 valence electrons. The van der Waals surface area contributed by atoms with E-state index >= 15 is 0 Å². The van der Waals surface area contributed by atoms with Gasteiger partial charge >= 0.3 is 0 Å². The SMILES string of the molecule is CC/C=C\CCCCOC(N)OCCCC/C=C\CC. The predicted octanol–water partition coefficient (Wildman–Crippen LogP) is 4.53. The summed E-state index contributed by atoms with van der Waals surface area (Å²) in [7, 11) is 0. The average molecular weight is 283 g/mol. The molecule has 0 aromatic heterocycles. The van der Waals surface area contributed by atoms with Gasteiger partial charge in [-0.05, 0) is 51.4 Å². The van der Waals surface area contributed by atoms with Crippen LogP contribution in [0.25, 0.3) is 0 Å². The molecule has 20 heavy (non-hydrogen) atoms. The molecule has 0 rings (SSSR count). The molecule has 0 spiro atoms. The maximum Gasteiger partial charge on any atom is 0.213 e. The van der Waals surface area contributed by atoms with Gasteiger partial charge in [0, 0.05) is 0 Å². The van der Waals surface area contributed by atoms with Gasteiger partial charge in [-0.2, -0.15) is 0 Å². The minimum atomic E-state index is -0.563. The van der Waals surface area contributed by atoms with Gasteiger partial charge in [-0.25, -0.2) is 0 Å². The standard InChI is InChI=1S/C17H33NO2/c1-3-5-7-9-11-13-15-19-17(18)20-16-14-12-10-8-6-4-2/h5-8,17H,3-4,9-16,18H2,1-2H3/b7-5-,8-6-. The van der Waals surface area contributed by atoms with Crippen LogP contribution in [0.15, 0.2) is 24.3 Å². The van der Waals surface area contributed by atoms with Crippen molar-refractivity contribution in [2.75, 3.05) is 13.2 Å². The van der Waals surface area contributed by atoms with Gasteiger partial charge in [0.25, 0.3) is 0 Å². The van der Waals surface area contributed by atoms with Crippen LogP contribution in [0.2, 0.25) is 0 Å². The van der Waals surface area contributed by atoms with Gasteiger partial charge in [0.2, 0.25) is 6.41 Å². The molecule has 0 saturated carbocycles. The zero-order chi connectivity index (χ0) is 14.9. The molecule has 0 amide bonds. The lowest BCUT2D eigenvalue weighted by Gasteiger charge is -2.13. The van der Waals surface area contributed by atoms with Crippen molar-refractivity contribution in [3.63, 3.8) is 0 Å². The lowest BCUT2D eigenvalue weighted by Crippen LogP contribution is -2.28. The van der Waals surface area contributed by atoms with Gasteiger partial charge in [0.15, 0.2) is 0 Å². The van der Waals surface area contributed by atoms with Crippen LogP contribution in [0, 0.1) is 0 Å². The van der Waals surface area contributed by atoms with Crippen molar-refractivity contribution in [1.82, 2.24) is 0 Å². The second-order valence-electron chi connectivity index (χ2n) is 4.86. The summed E-state index contributed by atoms with van der Waals surface area (Å²) in [6.45, 7) is 5.66. The van der Waals surface area contributed by atoms with E-state index in [0.29, 0.717) is 13.2 Å². The third-order valence-corrected chi connectivity index (χ3v) is 2.90. The molecule has 0 radical (unpaired) electrons. The third kappa shape index (κ3) is 15.4. The number of nitrogens with two attached hydrogens (primary N) is 1. The van der Waals surface area contributed by atoms with Crippen molar-refractivity contribution in [3.05, 3.63) is 24.3 Å². The first-order valence-electron chi connectivity index (χ1n) is 8.10. The van der Waals surface area contributed by atoms with E-state index in [2.05, 4.69) is 38.2 Å². The highest BCUT2D eigenvalue weighted by Gasteiger charge is 2.01. The van der Waals surface area contributed by atoms with Crippen LogP contribution in [0.5, 0.6) is 0 Å². The molecule has 2 N–H and O–H groups in total. The molecule has 0 aliphatic rings. The highest BCUT2D eigenvalue weighted by Crippen LogP contribution is 2.01. The highest BCUT2D eigenvalue weighted by atomic mass is 16.7. The number of ether oxygens (including phenoxy) is 2. The second-order valence-corrected chi connectivity index (χ2v) is 4.86. The fourth-order valence-electron chi connectivity index (χ4n) is 1.74. The number of unbranched alkanes of at least 4 members (excludes halogenated alkanes) is 4.